The molecule has 2 N–H and O–H groups in total. The molecule has 0 unspecified atom stereocenters. The molecule has 1 aliphatic rings. The molecule has 1 heterocycles. The Kier molecular flexibility index (Phi) is 5.15. The van der Waals surface area contributed by atoms with Crippen LogP contribution in [0, 0.1) is 0 Å². The first-order valence-corrected chi connectivity index (χ1v) is 9.74. The maximum absolute atomic E-state index is 12.4. The van der Waals surface area contributed by atoms with Crippen LogP contribution < -0.4 is 15.6 Å². The van der Waals surface area contributed by atoms with Crippen LogP contribution >= 0.6 is 0 Å². The Labute approximate surface area is 163 Å². The molecule has 5 heteroatoms. The molecule has 1 amide bonds. The van der Waals surface area contributed by atoms with Gasteiger partial charge in [0, 0.05) is 23.1 Å². The van der Waals surface area contributed by atoms with Crippen molar-refractivity contribution < 1.29 is 9.53 Å². The molecule has 0 fully saturated rings. The molecule has 0 radical (unpaired) electrons. The van der Waals surface area contributed by atoms with Crippen molar-refractivity contribution in [3.8, 4) is 5.75 Å². The van der Waals surface area contributed by atoms with Crippen LogP contribution in [0.25, 0.3) is 10.9 Å². The fourth-order valence-corrected chi connectivity index (χ4v) is 3.91. The zero-order valence-corrected chi connectivity index (χ0v) is 16.0. The van der Waals surface area contributed by atoms with Gasteiger partial charge in [-0.1, -0.05) is 18.2 Å². The molecule has 4 rings (SSSR count). The van der Waals surface area contributed by atoms with Crippen molar-refractivity contribution in [3.05, 3.63) is 69.5 Å². The van der Waals surface area contributed by atoms with Gasteiger partial charge in [-0.25, -0.2) is 0 Å². The van der Waals surface area contributed by atoms with Gasteiger partial charge in [0.05, 0.1) is 12.6 Å². The van der Waals surface area contributed by atoms with E-state index in [4.69, 9.17) is 4.74 Å². The quantitative estimate of drug-likeness (QED) is 0.707. The fraction of sp³-hybridized carbons (Fsp3) is 0.304. The zero-order valence-electron chi connectivity index (χ0n) is 16.0. The first kappa shape index (κ1) is 18.3. The number of rotatable bonds is 5. The van der Waals surface area contributed by atoms with E-state index >= 15 is 0 Å². The van der Waals surface area contributed by atoms with Gasteiger partial charge >= 0.3 is 0 Å². The number of hydrogen-bond donors (Lipinski definition) is 2. The second kappa shape index (κ2) is 7.89. The average molecular weight is 376 g/mol. The van der Waals surface area contributed by atoms with E-state index in [9.17, 15) is 9.59 Å². The van der Waals surface area contributed by atoms with E-state index in [0.29, 0.717) is 18.5 Å². The van der Waals surface area contributed by atoms with E-state index in [-0.39, 0.29) is 11.5 Å². The zero-order chi connectivity index (χ0) is 19.5. The second-order valence-electron chi connectivity index (χ2n) is 7.27. The monoisotopic (exact) mass is 376 g/mol. The topological polar surface area (TPSA) is 71.2 Å². The van der Waals surface area contributed by atoms with Crippen molar-refractivity contribution in [1.82, 2.24) is 4.98 Å². The van der Waals surface area contributed by atoms with Gasteiger partial charge in [-0.15, -0.1) is 0 Å². The molecule has 0 bridgehead atoms. The number of H-pyrrole nitrogens is 1. The lowest BCUT2D eigenvalue weighted by molar-refractivity contribution is -0.116. The van der Waals surface area contributed by atoms with Gasteiger partial charge in [0.15, 0.2) is 0 Å². The van der Waals surface area contributed by atoms with Gasteiger partial charge in [0.2, 0.25) is 5.91 Å². The van der Waals surface area contributed by atoms with Crippen molar-refractivity contribution in [2.75, 3.05) is 12.4 Å². The number of aromatic nitrogens is 1. The number of methoxy groups -OCH3 is 1. The number of pyridine rings is 1. The van der Waals surface area contributed by atoms with Crippen LogP contribution in [0.5, 0.6) is 5.75 Å². The number of aromatic amines is 1. The number of hydrogen-bond acceptors (Lipinski definition) is 3. The summed E-state index contributed by atoms with van der Waals surface area (Å²) in [5.74, 6) is 0.760. The van der Waals surface area contributed by atoms with Gasteiger partial charge < -0.3 is 15.0 Å². The van der Waals surface area contributed by atoms with E-state index in [1.165, 1.54) is 5.56 Å². The van der Waals surface area contributed by atoms with Gasteiger partial charge in [0.1, 0.15) is 5.75 Å². The third kappa shape index (κ3) is 3.79. The summed E-state index contributed by atoms with van der Waals surface area (Å²) in [5.41, 5.74) is 4.69. The molecule has 2 aromatic carbocycles. The van der Waals surface area contributed by atoms with Gasteiger partial charge in [-0.3, -0.25) is 9.59 Å². The fourth-order valence-electron chi connectivity index (χ4n) is 3.91. The Balaban J connectivity index is 1.46. The van der Waals surface area contributed by atoms with Crippen molar-refractivity contribution >= 4 is 22.5 Å². The van der Waals surface area contributed by atoms with Crippen molar-refractivity contribution in [3.63, 3.8) is 0 Å². The van der Waals surface area contributed by atoms with Crippen LogP contribution in [-0.4, -0.2) is 18.0 Å². The molecule has 0 spiro atoms. The van der Waals surface area contributed by atoms with E-state index < -0.39 is 0 Å². The molecule has 144 valence electrons. The van der Waals surface area contributed by atoms with Crippen LogP contribution in [0.3, 0.4) is 0 Å². The maximum atomic E-state index is 12.4. The number of aryl methyl sites for hydroxylation is 2. The Morgan fingerprint density at radius 2 is 1.82 bits per heavy atom. The highest BCUT2D eigenvalue weighted by molar-refractivity contribution is 5.94. The number of carbonyl (C=O) groups excluding carboxylic acids is 1. The van der Waals surface area contributed by atoms with Gasteiger partial charge in [0.25, 0.3) is 5.56 Å². The maximum Gasteiger partial charge on any atom is 0.251 e. The molecule has 0 saturated carbocycles. The average Bonchev–Trinajstić information content (AvgIpc) is 2.73. The molecule has 1 aromatic heterocycles. The van der Waals surface area contributed by atoms with E-state index in [0.717, 1.165) is 53.5 Å². The highest BCUT2D eigenvalue weighted by atomic mass is 16.5. The molecule has 3 aromatic rings. The standard InChI is InChI=1S/C23H24N2O3/c1-28-17-10-6-15(7-11-17)8-13-22(26)24-16-9-12-19-18-4-2-3-5-20(18)23(27)25-21(19)14-16/h6-7,9-12,14H,2-5,8,13H2,1H3,(H,24,26)(H,25,27). The van der Waals surface area contributed by atoms with Gasteiger partial charge in [-0.05, 0) is 67.5 Å². The number of ether oxygens (including phenoxy) is 1. The predicted octanol–water partition coefficient (Wildman–Crippen LogP) is 3.99. The molecule has 28 heavy (non-hydrogen) atoms. The van der Waals surface area contributed by atoms with E-state index in [1.54, 1.807) is 7.11 Å². The summed E-state index contributed by atoms with van der Waals surface area (Å²) in [4.78, 5) is 27.7. The summed E-state index contributed by atoms with van der Waals surface area (Å²) < 4.78 is 5.15. The lowest BCUT2D eigenvalue weighted by Gasteiger charge is -2.17. The van der Waals surface area contributed by atoms with Crippen molar-refractivity contribution in [1.29, 1.82) is 0 Å². The smallest absolute Gasteiger partial charge is 0.251 e. The first-order valence-electron chi connectivity index (χ1n) is 9.74. The summed E-state index contributed by atoms with van der Waals surface area (Å²) >= 11 is 0. The summed E-state index contributed by atoms with van der Waals surface area (Å²) in [6.07, 6.45) is 5.05. The molecular formula is C23H24N2O3. The number of benzene rings is 2. The molecule has 0 saturated heterocycles. The normalized spacial score (nSPS) is 13.2. The molecule has 1 aliphatic carbocycles. The van der Waals surface area contributed by atoms with Crippen LogP contribution in [0.15, 0.2) is 47.3 Å². The van der Waals surface area contributed by atoms with Crippen molar-refractivity contribution in [2.45, 2.75) is 38.5 Å². The number of carbonyl (C=O) groups is 1. The van der Waals surface area contributed by atoms with Crippen LogP contribution in [-0.2, 0) is 24.1 Å². The third-order valence-corrected chi connectivity index (χ3v) is 5.42. The Hall–Kier alpha value is -3.08. The number of nitrogens with one attached hydrogen (secondary N) is 2. The van der Waals surface area contributed by atoms with Gasteiger partial charge in [-0.2, -0.15) is 0 Å². The third-order valence-electron chi connectivity index (χ3n) is 5.42. The van der Waals surface area contributed by atoms with Crippen LogP contribution in [0.1, 0.15) is 36.0 Å². The van der Waals surface area contributed by atoms with Crippen molar-refractivity contribution in [2.24, 2.45) is 0 Å². The predicted molar refractivity (Wildman–Crippen MR) is 111 cm³/mol. The summed E-state index contributed by atoms with van der Waals surface area (Å²) in [5, 5.41) is 4.03. The highest BCUT2D eigenvalue weighted by Crippen LogP contribution is 2.27. The van der Waals surface area contributed by atoms with Crippen LogP contribution in [0.4, 0.5) is 5.69 Å². The first-order chi connectivity index (χ1) is 13.6. The Morgan fingerprint density at radius 3 is 2.57 bits per heavy atom. The van der Waals surface area contributed by atoms with E-state index in [2.05, 4.69) is 10.3 Å². The molecule has 5 nitrogen and oxygen atoms in total. The minimum Gasteiger partial charge on any atom is -0.497 e. The summed E-state index contributed by atoms with van der Waals surface area (Å²) in [6, 6.07) is 13.5. The lowest BCUT2D eigenvalue weighted by Crippen LogP contribution is -2.19. The summed E-state index contributed by atoms with van der Waals surface area (Å²) in [7, 11) is 1.63. The Morgan fingerprint density at radius 1 is 1.07 bits per heavy atom. The minimum atomic E-state index is -0.0459. The Bertz CT molecular complexity index is 1070. The highest BCUT2D eigenvalue weighted by Gasteiger charge is 2.16. The summed E-state index contributed by atoms with van der Waals surface area (Å²) in [6.45, 7) is 0. The van der Waals surface area contributed by atoms with E-state index in [1.807, 2.05) is 42.5 Å². The molecule has 0 atom stereocenters. The minimum absolute atomic E-state index is 0.00480. The SMILES string of the molecule is COc1ccc(CCC(=O)Nc2ccc3c4c(c(=O)[nH]c3c2)CCCC4)cc1. The molecule has 0 aliphatic heterocycles. The lowest BCUT2D eigenvalue weighted by atomic mass is 9.90. The molecular weight excluding hydrogens is 352 g/mol. The van der Waals surface area contributed by atoms with Crippen LogP contribution in [0.2, 0.25) is 0 Å². The largest absolute Gasteiger partial charge is 0.497 e. The number of amides is 1. The number of anilines is 1. The number of fused-ring (bicyclic) bond motifs is 3. The second-order valence-corrected chi connectivity index (χ2v) is 7.27.